The summed E-state index contributed by atoms with van der Waals surface area (Å²) in [4.78, 5) is 12.1. The Morgan fingerprint density at radius 2 is 1.56 bits per heavy atom. The van der Waals surface area contributed by atoms with Crippen LogP contribution in [-0.2, 0) is 29.7 Å². The number of hydrogen-bond donors (Lipinski definition) is 1. The van der Waals surface area contributed by atoms with E-state index in [1.165, 1.54) is 0 Å². The van der Waals surface area contributed by atoms with Gasteiger partial charge in [0.25, 0.3) is 0 Å². The molecule has 0 bridgehead atoms. The molecule has 248 valence electrons. The van der Waals surface area contributed by atoms with Gasteiger partial charge in [-0.2, -0.15) is 0 Å². The molecule has 1 aliphatic rings. The summed E-state index contributed by atoms with van der Waals surface area (Å²) < 4.78 is 31.9. The highest BCUT2D eigenvalue weighted by Gasteiger charge is 2.64. The molecule has 0 aliphatic carbocycles. The lowest BCUT2D eigenvalue weighted by atomic mass is 9.79. The molecule has 1 aromatic rings. The quantitative estimate of drug-likeness (QED) is 0.107. The Bertz CT molecular complexity index is 1020. The molecule has 1 unspecified atom stereocenters. The van der Waals surface area contributed by atoms with Gasteiger partial charge in [-0.3, -0.25) is 0 Å². The number of aldehydes is 1. The van der Waals surface area contributed by atoms with Crippen LogP contribution in [0, 0.1) is 17.8 Å². The number of hydrogen-bond acceptors (Lipinski definition) is 7. The number of carbonyl (C=O) groups is 1. The third kappa shape index (κ3) is 9.47. The first kappa shape index (κ1) is 38.1. The van der Waals surface area contributed by atoms with Crippen LogP contribution in [0.2, 0.25) is 36.3 Å². The van der Waals surface area contributed by atoms with Gasteiger partial charge in [0, 0.05) is 24.4 Å². The minimum Gasteiger partial charge on any atom is -0.497 e. The molecule has 1 aliphatic heterocycles. The van der Waals surface area contributed by atoms with Crippen molar-refractivity contribution in [2.75, 3.05) is 20.3 Å². The summed E-state index contributed by atoms with van der Waals surface area (Å²) in [5.74, 6) is -0.0208. The molecule has 9 heteroatoms. The Balaban J connectivity index is 2.37. The van der Waals surface area contributed by atoms with E-state index in [1.54, 1.807) is 7.11 Å². The van der Waals surface area contributed by atoms with E-state index in [0.717, 1.165) is 17.6 Å². The van der Waals surface area contributed by atoms with E-state index in [0.29, 0.717) is 26.2 Å². The van der Waals surface area contributed by atoms with Crippen molar-refractivity contribution >= 4 is 22.9 Å². The Labute approximate surface area is 264 Å². The SMILES string of the molecule is CC[C@H](C=O)[C@@H](O)[C@H](CO[Si](C)(C)C(C)(C)C)[C@H](O[Si](C)(C)C(C)(C)C)C1(C)O[C@@H]1[C@@H](C)COCc1ccc(OC)cc1. The second-order valence-corrected chi connectivity index (χ2v) is 25.4. The molecule has 0 radical (unpaired) electrons. The highest BCUT2D eigenvalue weighted by molar-refractivity contribution is 6.74. The fourth-order valence-corrected chi connectivity index (χ4v) is 7.51. The van der Waals surface area contributed by atoms with E-state index >= 15 is 0 Å². The molecule has 0 saturated carbocycles. The minimum absolute atomic E-state index is 0.00532. The number of epoxide rings is 1. The zero-order valence-corrected chi connectivity index (χ0v) is 31.6. The van der Waals surface area contributed by atoms with Gasteiger partial charge in [0.2, 0.25) is 0 Å². The van der Waals surface area contributed by atoms with E-state index < -0.39 is 46.3 Å². The average Bonchev–Trinajstić information content (AvgIpc) is 3.60. The van der Waals surface area contributed by atoms with Crippen LogP contribution in [0.4, 0.5) is 0 Å². The van der Waals surface area contributed by atoms with Crippen LogP contribution in [0.1, 0.15) is 74.3 Å². The molecule has 1 N–H and O–H groups in total. The Morgan fingerprint density at radius 1 is 1.00 bits per heavy atom. The average molecular weight is 639 g/mol. The molecule has 7 nitrogen and oxygen atoms in total. The van der Waals surface area contributed by atoms with Gasteiger partial charge in [-0.05, 0) is 67.3 Å². The van der Waals surface area contributed by atoms with Gasteiger partial charge in [-0.15, -0.1) is 0 Å². The molecular weight excluding hydrogens is 577 g/mol. The number of benzene rings is 1. The van der Waals surface area contributed by atoms with Crippen LogP contribution in [-0.4, -0.2) is 72.3 Å². The van der Waals surface area contributed by atoms with Crippen molar-refractivity contribution in [1.82, 2.24) is 0 Å². The number of carbonyl (C=O) groups excluding carboxylic acids is 1. The number of aliphatic hydroxyl groups excluding tert-OH is 1. The molecule has 1 saturated heterocycles. The van der Waals surface area contributed by atoms with Gasteiger partial charge in [-0.1, -0.05) is 67.5 Å². The summed E-state index contributed by atoms with van der Waals surface area (Å²) >= 11 is 0. The zero-order valence-electron chi connectivity index (χ0n) is 29.6. The Hall–Kier alpha value is -1.08. The normalized spacial score (nSPS) is 23.3. The first-order valence-corrected chi connectivity index (χ1v) is 21.8. The summed E-state index contributed by atoms with van der Waals surface area (Å²) in [6.45, 7) is 29.7. The third-order valence-electron chi connectivity index (χ3n) is 10.4. The van der Waals surface area contributed by atoms with Crippen molar-refractivity contribution in [3.8, 4) is 5.75 Å². The number of ether oxygens (including phenoxy) is 3. The maximum atomic E-state index is 12.1. The summed E-state index contributed by atoms with van der Waals surface area (Å²) in [6.07, 6.45) is -0.0418. The summed E-state index contributed by atoms with van der Waals surface area (Å²) in [6, 6.07) is 7.89. The topological polar surface area (TPSA) is 86.8 Å². The van der Waals surface area contributed by atoms with Crippen molar-refractivity contribution in [2.45, 2.75) is 136 Å². The van der Waals surface area contributed by atoms with Crippen LogP contribution in [0.25, 0.3) is 0 Å². The molecular formula is C34H62O7Si2. The Morgan fingerprint density at radius 3 is 2.02 bits per heavy atom. The summed E-state index contributed by atoms with van der Waals surface area (Å²) in [5, 5.41) is 11.8. The number of rotatable bonds is 17. The van der Waals surface area contributed by atoms with E-state index in [1.807, 2.05) is 31.2 Å². The second kappa shape index (κ2) is 14.6. The molecule has 1 fully saturated rings. The van der Waals surface area contributed by atoms with Gasteiger partial charge in [-0.25, -0.2) is 0 Å². The zero-order chi connectivity index (χ0) is 33.0. The first-order valence-electron chi connectivity index (χ1n) is 16.0. The van der Waals surface area contributed by atoms with Crippen molar-refractivity contribution in [3.63, 3.8) is 0 Å². The first-order chi connectivity index (χ1) is 19.6. The van der Waals surface area contributed by atoms with Crippen LogP contribution >= 0.6 is 0 Å². The van der Waals surface area contributed by atoms with Crippen molar-refractivity contribution in [2.24, 2.45) is 17.8 Å². The lowest BCUT2D eigenvalue weighted by Gasteiger charge is -2.46. The van der Waals surface area contributed by atoms with E-state index in [9.17, 15) is 9.90 Å². The number of methoxy groups -OCH3 is 1. The second-order valence-electron chi connectivity index (χ2n) is 15.8. The van der Waals surface area contributed by atoms with E-state index in [2.05, 4.69) is 81.6 Å². The van der Waals surface area contributed by atoms with E-state index in [4.69, 9.17) is 23.1 Å². The third-order valence-corrected chi connectivity index (χ3v) is 19.3. The lowest BCUT2D eigenvalue weighted by molar-refractivity contribution is -0.119. The lowest BCUT2D eigenvalue weighted by Crippen LogP contribution is -2.56. The van der Waals surface area contributed by atoms with Gasteiger partial charge < -0.3 is 33.0 Å². The van der Waals surface area contributed by atoms with Gasteiger partial charge in [0.05, 0.1) is 38.6 Å². The van der Waals surface area contributed by atoms with Gasteiger partial charge in [0.15, 0.2) is 16.6 Å². The van der Waals surface area contributed by atoms with Crippen LogP contribution in [0.5, 0.6) is 5.75 Å². The van der Waals surface area contributed by atoms with Gasteiger partial charge in [0.1, 0.15) is 17.6 Å². The van der Waals surface area contributed by atoms with Crippen LogP contribution < -0.4 is 4.74 Å². The summed E-state index contributed by atoms with van der Waals surface area (Å²) in [7, 11) is -2.82. The fraction of sp³-hybridized carbons (Fsp3) is 0.794. The molecule has 43 heavy (non-hydrogen) atoms. The maximum absolute atomic E-state index is 12.1. The standard InChI is InChI=1S/C34H62O7Si2/c1-15-26(20-35)29(36)28(23-39-42(11,12)32(3,4)5)31(41-43(13,14)33(6,7)8)34(9)30(40-34)24(2)21-38-22-25-16-18-27(37-10)19-17-25/h16-20,24,26,28-31,36H,15,21-23H2,1-14H3/t24-,26+,28-,29+,30+,31-,34?/m0/s1. The highest BCUT2D eigenvalue weighted by Crippen LogP contribution is 2.51. The van der Waals surface area contributed by atoms with Crippen LogP contribution in [0.15, 0.2) is 24.3 Å². The van der Waals surface area contributed by atoms with E-state index in [-0.39, 0.29) is 22.1 Å². The number of aliphatic hydroxyl groups is 1. The summed E-state index contributed by atoms with van der Waals surface area (Å²) in [5.41, 5.74) is 0.430. The minimum atomic E-state index is -2.32. The molecule has 2 rings (SSSR count). The van der Waals surface area contributed by atoms with Crippen LogP contribution in [0.3, 0.4) is 0 Å². The Kier molecular flexibility index (Phi) is 12.9. The predicted molar refractivity (Wildman–Crippen MR) is 180 cm³/mol. The van der Waals surface area contributed by atoms with Crippen molar-refractivity contribution in [3.05, 3.63) is 29.8 Å². The highest BCUT2D eigenvalue weighted by atomic mass is 28.4. The monoisotopic (exact) mass is 638 g/mol. The van der Waals surface area contributed by atoms with Crippen molar-refractivity contribution < 1.29 is 33.0 Å². The molecule has 0 amide bonds. The fourth-order valence-electron chi connectivity index (χ4n) is 5.07. The predicted octanol–water partition coefficient (Wildman–Crippen LogP) is 7.62. The van der Waals surface area contributed by atoms with Gasteiger partial charge >= 0.3 is 0 Å². The molecule has 7 atom stereocenters. The molecule has 1 heterocycles. The van der Waals surface area contributed by atoms with Crippen molar-refractivity contribution in [1.29, 1.82) is 0 Å². The molecule has 1 aromatic carbocycles. The largest absolute Gasteiger partial charge is 0.497 e. The molecule has 0 aromatic heterocycles. The maximum Gasteiger partial charge on any atom is 0.192 e. The molecule has 0 spiro atoms. The smallest absolute Gasteiger partial charge is 0.192 e.